The number of hydrogen-bond acceptors (Lipinski definition) is 4. The van der Waals surface area contributed by atoms with E-state index in [1.165, 1.54) is 0 Å². The van der Waals surface area contributed by atoms with Gasteiger partial charge in [0.2, 0.25) is 5.91 Å². The highest BCUT2D eigenvalue weighted by Crippen LogP contribution is 2.20. The Labute approximate surface area is 106 Å². The molecule has 2 heterocycles. The smallest absolute Gasteiger partial charge is 0.332 e. The molecule has 0 spiro atoms. The predicted octanol–water partition coefficient (Wildman–Crippen LogP) is -0.171. The molecule has 102 valence electrons. The molecule has 2 saturated heterocycles. The Morgan fingerprint density at radius 2 is 2.06 bits per heavy atom. The van der Waals surface area contributed by atoms with Gasteiger partial charge in [-0.1, -0.05) is 0 Å². The number of likely N-dealkylation sites (N-methyl/N-ethyl adjacent to an activating group) is 1. The van der Waals surface area contributed by atoms with E-state index in [0.29, 0.717) is 25.4 Å². The number of rotatable bonds is 4. The average Bonchev–Trinajstić information content (AvgIpc) is 2.94. The number of carbonyl (C=O) groups excluding carboxylic acids is 1. The third kappa shape index (κ3) is 3.00. The number of aliphatic carboxylic acids is 1. The minimum Gasteiger partial charge on any atom is -0.479 e. The number of nitrogens with zero attached hydrogens (tertiary/aromatic N) is 1. The van der Waals surface area contributed by atoms with Gasteiger partial charge in [0.1, 0.15) is 6.10 Å². The van der Waals surface area contributed by atoms with E-state index in [1.54, 1.807) is 0 Å². The summed E-state index contributed by atoms with van der Waals surface area (Å²) in [5.74, 6) is -1.17. The Kier molecular flexibility index (Phi) is 4.19. The zero-order chi connectivity index (χ0) is 13.1. The summed E-state index contributed by atoms with van der Waals surface area (Å²) in [6, 6.07) is 0.394. The molecule has 6 heteroatoms. The van der Waals surface area contributed by atoms with Crippen LogP contribution in [-0.2, 0) is 14.3 Å². The largest absolute Gasteiger partial charge is 0.479 e. The van der Waals surface area contributed by atoms with Crippen molar-refractivity contribution in [2.24, 2.45) is 0 Å². The number of likely N-dealkylation sites (tertiary alicyclic amines) is 1. The molecule has 18 heavy (non-hydrogen) atoms. The average molecular weight is 256 g/mol. The fourth-order valence-electron chi connectivity index (χ4n) is 2.58. The summed E-state index contributed by atoms with van der Waals surface area (Å²) in [7, 11) is 2.05. The van der Waals surface area contributed by atoms with Crippen molar-refractivity contribution in [3.8, 4) is 0 Å². The lowest BCUT2D eigenvalue weighted by Gasteiger charge is -2.20. The van der Waals surface area contributed by atoms with Crippen LogP contribution in [0.25, 0.3) is 0 Å². The molecule has 0 aliphatic carbocycles. The molecule has 0 aromatic carbocycles. The predicted molar refractivity (Wildman–Crippen MR) is 64.2 cm³/mol. The van der Waals surface area contributed by atoms with Crippen molar-refractivity contribution in [2.75, 3.05) is 20.1 Å². The first kappa shape index (κ1) is 13.3. The highest BCUT2D eigenvalue weighted by molar-refractivity contribution is 5.82. The Morgan fingerprint density at radius 3 is 2.61 bits per heavy atom. The maximum absolute atomic E-state index is 11.8. The van der Waals surface area contributed by atoms with Crippen molar-refractivity contribution in [2.45, 2.75) is 43.9 Å². The molecule has 0 aromatic heterocycles. The Balaban J connectivity index is 1.74. The van der Waals surface area contributed by atoms with Gasteiger partial charge in [-0.2, -0.15) is 0 Å². The van der Waals surface area contributed by atoms with Gasteiger partial charge >= 0.3 is 5.97 Å². The van der Waals surface area contributed by atoms with Crippen molar-refractivity contribution in [3.05, 3.63) is 0 Å². The monoisotopic (exact) mass is 256 g/mol. The fraction of sp³-hybridized carbons (Fsp3) is 0.833. The molecule has 2 N–H and O–H groups in total. The first-order valence-electron chi connectivity index (χ1n) is 6.44. The summed E-state index contributed by atoms with van der Waals surface area (Å²) >= 11 is 0. The van der Waals surface area contributed by atoms with Crippen molar-refractivity contribution < 1.29 is 19.4 Å². The quantitative estimate of drug-likeness (QED) is 0.730. The second-order valence-electron chi connectivity index (χ2n) is 5.05. The summed E-state index contributed by atoms with van der Waals surface area (Å²) in [6.45, 7) is 1.69. The van der Waals surface area contributed by atoms with Crippen LogP contribution >= 0.6 is 0 Å². The van der Waals surface area contributed by atoms with Gasteiger partial charge in [-0.15, -0.1) is 0 Å². The molecule has 6 nitrogen and oxygen atoms in total. The number of carbonyl (C=O) groups is 2. The maximum atomic E-state index is 11.8. The van der Waals surface area contributed by atoms with Crippen LogP contribution in [0.1, 0.15) is 25.7 Å². The molecular formula is C12H20N2O4. The molecule has 2 aliphatic rings. The lowest BCUT2D eigenvalue weighted by atomic mass is 10.2. The summed E-state index contributed by atoms with van der Waals surface area (Å²) in [5, 5.41) is 11.6. The molecule has 1 amide bonds. The van der Waals surface area contributed by atoms with Crippen molar-refractivity contribution in [1.82, 2.24) is 10.2 Å². The van der Waals surface area contributed by atoms with E-state index in [1.807, 2.05) is 0 Å². The number of ether oxygens (including phenoxy) is 1. The van der Waals surface area contributed by atoms with Crippen LogP contribution in [0.4, 0.5) is 0 Å². The lowest BCUT2D eigenvalue weighted by molar-refractivity contribution is -0.151. The molecule has 0 aromatic rings. The number of amides is 1. The lowest BCUT2D eigenvalue weighted by Crippen LogP contribution is -2.42. The van der Waals surface area contributed by atoms with Crippen LogP contribution in [-0.4, -0.2) is 60.3 Å². The summed E-state index contributed by atoms with van der Waals surface area (Å²) in [5.41, 5.74) is 0. The van der Waals surface area contributed by atoms with E-state index >= 15 is 0 Å². The third-order valence-electron chi connectivity index (χ3n) is 3.77. The summed E-state index contributed by atoms with van der Waals surface area (Å²) in [6.07, 6.45) is 1.74. The first-order chi connectivity index (χ1) is 8.58. The molecule has 2 aliphatic heterocycles. The molecule has 0 radical (unpaired) electrons. The van der Waals surface area contributed by atoms with E-state index < -0.39 is 18.2 Å². The van der Waals surface area contributed by atoms with Crippen LogP contribution in [0.15, 0.2) is 0 Å². The number of carboxylic acid groups (broad SMARTS) is 1. The molecule has 3 unspecified atom stereocenters. The van der Waals surface area contributed by atoms with Crippen molar-refractivity contribution in [1.29, 1.82) is 0 Å². The molecule has 0 saturated carbocycles. The molecule has 3 atom stereocenters. The summed E-state index contributed by atoms with van der Waals surface area (Å²) in [4.78, 5) is 24.8. The van der Waals surface area contributed by atoms with Crippen LogP contribution in [0, 0.1) is 0 Å². The van der Waals surface area contributed by atoms with Gasteiger partial charge in [0.25, 0.3) is 0 Å². The van der Waals surface area contributed by atoms with Crippen LogP contribution in [0.5, 0.6) is 0 Å². The molecular weight excluding hydrogens is 236 g/mol. The summed E-state index contributed by atoms with van der Waals surface area (Å²) < 4.78 is 5.20. The Hall–Kier alpha value is -1.14. The number of carboxylic acids is 1. The second-order valence-corrected chi connectivity index (χ2v) is 5.05. The van der Waals surface area contributed by atoms with Gasteiger partial charge in [-0.25, -0.2) is 4.79 Å². The fourth-order valence-corrected chi connectivity index (χ4v) is 2.58. The maximum Gasteiger partial charge on any atom is 0.332 e. The third-order valence-corrected chi connectivity index (χ3v) is 3.77. The SMILES string of the molecule is CN1CCCC1CNC(=O)C1CCC(C(=O)O)O1. The molecule has 2 rings (SSSR count). The van der Waals surface area contributed by atoms with Gasteiger partial charge in [-0.3, -0.25) is 4.79 Å². The first-order valence-corrected chi connectivity index (χ1v) is 6.44. The highest BCUT2D eigenvalue weighted by atomic mass is 16.5. The van der Waals surface area contributed by atoms with Crippen LogP contribution in [0.3, 0.4) is 0 Å². The highest BCUT2D eigenvalue weighted by Gasteiger charge is 2.35. The normalized spacial score (nSPS) is 32.6. The van der Waals surface area contributed by atoms with Gasteiger partial charge < -0.3 is 20.1 Å². The zero-order valence-corrected chi connectivity index (χ0v) is 10.6. The van der Waals surface area contributed by atoms with Gasteiger partial charge in [0.15, 0.2) is 6.10 Å². The minimum absolute atomic E-state index is 0.181. The van der Waals surface area contributed by atoms with E-state index in [0.717, 1.165) is 19.4 Å². The van der Waals surface area contributed by atoms with Gasteiger partial charge in [-0.05, 0) is 39.3 Å². The topological polar surface area (TPSA) is 78.9 Å². The number of nitrogens with one attached hydrogen (secondary N) is 1. The van der Waals surface area contributed by atoms with Crippen LogP contribution in [0.2, 0.25) is 0 Å². The minimum atomic E-state index is -0.985. The van der Waals surface area contributed by atoms with Crippen molar-refractivity contribution >= 4 is 11.9 Å². The Morgan fingerprint density at radius 1 is 1.33 bits per heavy atom. The van der Waals surface area contributed by atoms with Gasteiger partial charge in [0.05, 0.1) is 0 Å². The molecule has 0 bridgehead atoms. The van der Waals surface area contributed by atoms with E-state index in [9.17, 15) is 9.59 Å². The van der Waals surface area contributed by atoms with Crippen molar-refractivity contribution in [3.63, 3.8) is 0 Å². The van der Waals surface area contributed by atoms with E-state index in [2.05, 4.69) is 17.3 Å². The second kappa shape index (κ2) is 5.67. The number of hydrogen-bond donors (Lipinski definition) is 2. The van der Waals surface area contributed by atoms with E-state index in [-0.39, 0.29) is 5.91 Å². The standard InChI is InChI=1S/C12H20N2O4/c1-14-6-2-3-8(14)7-13-11(15)9-4-5-10(18-9)12(16)17/h8-10H,2-7H2,1H3,(H,13,15)(H,16,17). The Bertz CT molecular complexity index is 334. The van der Waals surface area contributed by atoms with E-state index in [4.69, 9.17) is 9.84 Å². The molecule has 2 fully saturated rings. The van der Waals surface area contributed by atoms with Crippen LogP contribution < -0.4 is 5.32 Å². The van der Waals surface area contributed by atoms with Gasteiger partial charge in [0, 0.05) is 12.6 Å². The zero-order valence-electron chi connectivity index (χ0n) is 10.6.